The minimum atomic E-state index is 0.708. The Morgan fingerprint density at radius 2 is 0.824 bits per heavy atom. The molecule has 3 nitrogen and oxygen atoms in total. The van der Waals surface area contributed by atoms with E-state index < -0.39 is 0 Å². The molecule has 0 saturated carbocycles. The second-order valence-electron chi connectivity index (χ2n) is 13.0. The molecule has 0 bridgehead atoms. The van der Waals surface area contributed by atoms with E-state index in [1.165, 1.54) is 54.5 Å². The molecule has 51 heavy (non-hydrogen) atoms. The third-order valence-corrected chi connectivity index (χ3v) is 10.0. The van der Waals surface area contributed by atoms with Crippen LogP contribution in [0.15, 0.2) is 188 Å². The van der Waals surface area contributed by atoms with E-state index in [-0.39, 0.29) is 0 Å². The SMILES string of the molecule is c1ccc(-c2nc(-c3ccc(-c4cc5ccccc5c5ccccc45)cc3)cc(-c3ccc(-n4c5ccccc5c5ccccc54)cc3)n2)cc1. The van der Waals surface area contributed by atoms with Crippen LogP contribution in [-0.2, 0) is 0 Å². The minimum Gasteiger partial charge on any atom is -0.309 e. The van der Waals surface area contributed by atoms with Gasteiger partial charge in [-0.1, -0.05) is 152 Å². The van der Waals surface area contributed by atoms with Crippen molar-refractivity contribution in [3.05, 3.63) is 188 Å². The molecule has 0 fully saturated rings. The standard InChI is InChI=1S/C48H31N3/c1-2-12-35(13-3-1)48-49-44(33-24-22-32(23-25-33)43-30-36-14-4-5-15-38(36)39-16-6-7-17-40(39)43)31-45(50-48)34-26-28-37(29-27-34)51-46-20-10-8-18-41(46)42-19-9-11-21-47(42)51/h1-31H. The summed E-state index contributed by atoms with van der Waals surface area (Å²) < 4.78 is 2.34. The summed E-state index contributed by atoms with van der Waals surface area (Å²) in [6.07, 6.45) is 0. The molecular weight excluding hydrogens is 619 g/mol. The smallest absolute Gasteiger partial charge is 0.160 e. The van der Waals surface area contributed by atoms with E-state index in [0.717, 1.165) is 33.8 Å². The molecule has 2 heterocycles. The zero-order valence-corrected chi connectivity index (χ0v) is 27.7. The summed E-state index contributed by atoms with van der Waals surface area (Å²) in [4.78, 5) is 10.2. The Morgan fingerprint density at radius 1 is 0.333 bits per heavy atom. The van der Waals surface area contributed by atoms with Crippen LogP contribution in [0.3, 0.4) is 0 Å². The first-order valence-electron chi connectivity index (χ1n) is 17.3. The number of fused-ring (bicyclic) bond motifs is 6. The molecule has 10 rings (SSSR count). The second-order valence-corrected chi connectivity index (χ2v) is 13.0. The normalized spacial score (nSPS) is 11.5. The maximum absolute atomic E-state index is 5.10. The number of para-hydroxylation sites is 2. The molecule has 0 N–H and O–H groups in total. The van der Waals surface area contributed by atoms with Crippen molar-refractivity contribution in [3.63, 3.8) is 0 Å². The molecule has 0 aliphatic carbocycles. The van der Waals surface area contributed by atoms with E-state index in [2.05, 4.69) is 174 Å². The van der Waals surface area contributed by atoms with Gasteiger partial charge >= 0.3 is 0 Å². The fourth-order valence-electron chi connectivity index (χ4n) is 7.55. The highest BCUT2D eigenvalue weighted by atomic mass is 15.0. The Hall–Kier alpha value is -6.84. The summed E-state index contributed by atoms with van der Waals surface area (Å²) >= 11 is 0. The fourth-order valence-corrected chi connectivity index (χ4v) is 7.55. The van der Waals surface area contributed by atoms with Crippen molar-refractivity contribution >= 4 is 43.4 Å². The number of hydrogen-bond acceptors (Lipinski definition) is 2. The van der Waals surface area contributed by atoms with Crippen molar-refractivity contribution < 1.29 is 0 Å². The number of rotatable bonds is 5. The average molecular weight is 650 g/mol. The Bertz CT molecular complexity index is 2830. The Labute approximate surface area is 295 Å². The molecule has 0 amide bonds. The van der Waals surface area contributed by atoms with Crippen LogP contribution >= 0.6 is 0 Å². The van der Waals surface area contributed by atoms with Gasteiger partial charge in [0, 0.05) is 33.2 Å². The first-order valence-corrected chi connectivity index (χ1v) is 17.3. The Kier molecular flexibility index (Phi) is 6.81. The van der Waals surface area contributed by atoms with Crippen LogP contribution in [0.25, 0.3) is 94.1 Å². The molecule has 3 heteroatoms. The summed E-state index contributed by atoms with van der Waals surface area (Å²) in [6.45, 7) is 0. The lowest BCUT2D eigenvalue weighted by Crippen LogP contribution is -1.97. The average Bonchev–Trinajstić information content (AvgIpc) is 3.55. The van der Waals surface area contributed by atoms with E-state index in [1.807, 2.05) is 18.2 Å². The highest BCUT2D eigenvalue weighted by molar-refractivity contribution is 6.14. The largest absolute Gasteiger partial charge is 0.309 e. The molecule has 0 aliphatic rings. The maximum atomic E-state index is 5.10. The third-order valence-electron chi connectivity index (χ3n) is 10.0. The van der Waals surface area contributed by atoms with Gasteiger partial charge in [0.15, 0.2) is 5.82 Å². The van der Waals surface area contributed by atoms with Crippen LogP contribution in [0, 0.1) is 0 Å². The number of nitrogens with zero attached hydrogens (tertiary/aromatic N) is 3. The van der Waals surface area contributed by atoms with Crippen LogP contribution in [-0.4, -0.2) is 14.5 Å². The van der Waals surface area contributed by atoms with Crippen LogP contribution in [0.5, 0.6) is 0 Å². The maximum Gasteiger partial charge on any atom is 0.160 e. The lowest BCUT2D eigenvalue weighted by molar-refractivity contribution is 1.17. The molecule has 0 atom stereocenters. The van der Waals surface area contributed by atoms with E-state index in [0.29, 0.717) is 5.82 Å². The van der Waals surface area contributed by atoms with Crippen molar-refractivity contribution in [2.24, 2.45) is 0 Å². The Balaban J connectivity index is 1.07. The number of hydrogen-bond donors (Lipinski definition) is 0. The summed E-state index contributed by atoms with van der Waals surface area (Å²) in [5, 5.41) is 7.55. The molecule has 0 radical (unpaired) electrons. The van der Waals surface area contributed by atoms with Crippen molar-refractivity contribution in [2.45, 2.75) is 0 Å². The molecule has 238 valence electrons. The van der Waals surface area contributed by atoms with Crippen LogP contribution in [0.4, 0.5) is 0 Å². The highest BCUT2D eigenvalue weighted by Crippen LogP contribution is 2.37. The van der Waals surface area contributed by atoms with Gasteiger partial charge < -0.3 is 4.57 Å². The van der Waals surface area contributed by atoms with Gasteiger partial charge in [-0.25, -0.2) is 9.97 Å². The molecule has 0 aliphatic heterocycles. The van der Waals surface area contributed by atoms with Gasteiger partial charge in [0.1, 0.15) is 0 Å². The van der Waals surface area contributed by atoms with E-state index in [1.54, 1.807) is 0 Å². The third kappa shape index (κ3) is 4.98. The van der Waals surface area contributed by atoms with Crippen molar-refractivity contribution in [1.82, 2.24) is 14.5 Å². The van der Waals surface area contributed by atoms with E-state index in [9.17, 15) is 0 Å². The van der Waals surface area contributed by atoms with Gasteiger partial charge in [-0.2, -0.15) is 0 Å². The highest BCUT2D eigenvalue weighted by Gasteiger charge is 2.15. The van der Waals surface area contributed by atoms with Gasteiger partial charge in [-0.05, 0) is 69.1 Å². The van der Waals surface area contributed by atoms with E-state index >= 15 is 0 Å². The predicted octanol–water partition coefficient (Wildman–Crippen LogP) is 12.5. The lowest BCUT2D eigenvalue weighted by atomic mass is 9.93. The summed E-state index contributed by atoms with van der Waals surface area (Å²) in [5.74, 6) is 0.708. The predicted molar refractivity (Wildman–Crippen MR) is 213 cm³/mol. The van der Waals surface area contributed by atoms with Gasteiger partial charge in [0.25, 0.3) is 0 Å². The van der Waals surface area contributed by atoms with Crippen LogP contribution in [0.2, 0.25) is 0 Å². The summed E-state index contributed by atoms with van der Waals surface area (Å²) in [5.41, 5.74) is 10.8. The summed E-state index contributed by atoms with van der Waals surface area (Å²) in [7, 11) is 0. The van der Waals surface area contributed by atoms with Gasteiger partial charge in [0.05, 0.1) is 22.4 Å². The second kappa shape index (κ2) is 11.9. The monoisotopic (exact) mass is 649 g/mol. The zero-order chi connectivity index (χ0) is 33.7. The summed E-state index contributed by atoms with van der Waals surface area (Å²) in [6, 6.07) is 66.8. The number of benzene rings is 8. The molecule has 0 unspecified atom stereocenters. The molecular formula is C48H31N3. The van der Waals surface area contributed by atoms with Crippen molar-refractivity contribution in [1.29, 1.82) is 0 Å². The van der Waals surface area contributed by atoms with Crippen molar-refractivity contribution in [3.8, 4) is 50.7 Å². The number of aromatic nitrogens is 3. The van der Waals surface area contributed by atoms with Gasteiger partial charge in [-0.3, -0.25) is 0 Å². The van der Waals surface area contributed by atoms with Gasteiger partial charge in [-0.15, -0.1) is 0 Å². The van der Waals surface area contributed by atoms with Crippen LogP contribution < -0.4 is 0 Å². The lowest BCUT2D eigenvalue weighted by Gasteiger charge is -2.13. The van der Waals surface area contributed by atoms with Crippen LogP contribution in [0.1, 0.15) is 0 Å². The fraction of sp³-hybridized carbons (Fsp3) is 0. The first kappa shape index (κ1) is 29.1. The molecule has 10 aromatic rings. The minimum absolute atomic E-state index is 0.708. The van der Waals surface area contributed by atoms with E-state index in [4.69, 9.17) is 9.97 Å². The first-order chi connectivity index (χ1) is 25.3. The molecule has 0 spiro atoms. The quantitative estimate of drug-likeness (QED) is 0.174. The van der Waals surface area contributed by atoms with Crippen molar-refractivity contribution in [2.75, 3.05) is 0 Å². The molecule has 0 saturated heterocycles. The molecule has 8 aromatic carbocycles. The zero-order valence-electron chi connectivity index (χ0n) is 27.7. The molecule has 2 aromatic heterocycles. The topological polar surface area (TPSA) is 30.7 Å². The van der Waals surface area contributed by atoms with Gasteiger partial charge in [0.2, 0.25) is 0 Å². The Morgan fingerprint density at radius 3 is 1.47 bits per heavy atom.